The van der Waals surface area contributed by atoms with Gasteiger partial charge in [-0.1, -0.05) is 12.1 Å². The van der Waals surface area contributed by atoms with Gasteiger partial charge in [-0.25, -0.2) is 0 Å². The average molecular weight is 247 g/mol. The van der Waals surface area contributed by atoms with Crippen LogP contribution in [0.1, 0.15) is 0 Å². The summed E-state index contributed by atoms with van der Waals surface area (Å²) >= 11 is 0. The number of benzene rings is 1. The van der Waals surface area contributed by atoms with E-state index in [2.05, 4.69) is 5.10 Å². The van der Waals surface area contributed by atoms with E-state index in [0.29, 0.717) is 19.0 Å². The molecule has 0 amide bonds. The van der Waals surface area contributed by atoms with Crippen molar-refractivity contribution in [2.75, 3.05) is 26.1 Å². The standard InChI is InChI=1S/C13H17N3O2/c1-16-13(14)12(9-15-16)10-3-5-11(6-4-10)18-8-7-17-2/h3-6,9H,7-8,14H2,1-2H3. The van der Waals surface area contributed by atoms with E-state index in [4.69, 9.17) is 15.2 Å². The third kappa shape index (κ3) is 2.62. The lowest BCUT2D eigenvalue weighted by Crippen LogP contribution is -2.03. The van der Waals surface area contributed by atoms with E-state index >= 15 is 0 Å². The summed E-state index contributed by atoms with van der Waals surface area (Å²) in [6.07, 6.45) is 1.76. The first-order valence-electron chi connectivity index (χ1n) is 5.72. The second-order valence-electron chi connectivity index (χ2n) is 3.93. The number of rotatable bonds is 5. The first-order valence-corrected chi connectivity index (χ1v) is 5.72. The van der Waals surface area contributed by atoms with Crippen molar-refractivity contribution in [3.05, 3.63) is 30.5 Å². The zero-order valence-corrected chi connectivity index (χ0v) is 10.6. The lowest BCUT2D eigenvalue weighted by Gasteiger charge is -2.06. The molecule has 0 bridgehead atoms. The zero-order valence-electron chi connectivity index (χ0n) is 10.6. The van der Waals surface area contributed by atoms with E-state index in [9.17, 15) is 0 Å². The predicted octanol–water partition coefficient (Wildman–Crippen LogP) is 1.69. The van der Waals surface area contributed by atoms with Gasteiger partial charge in [-0.15, -0.1) is 0 Å². The van der Waals surface area contributed by atoms with Crippen LogP contribution < -0.4 is 10.5 Å². The maximum atomic E-state index is 5.92. The number of aromatic nitrogens is 2. The number of nitrogen functional groups attached to an aromatic ring is 1. The molecular weight excluding hydrogens is 230 g/mol. The van der Waals surface area contributed by atoms with Crippen LogP contribution in [0, 0.1) is 0 Å². The van der Waals surface area contributed by atoms with Crippen LogP contribution in [0.25, 0.3) is 11.1 Å². The fraction of sp³-hybridized carbons (Fsp3) is 0.308. The molecule has 0 aliphatic rings. The second kappa shape index (κ2) is 5.55. The van der Waals surface area contributed by atoms with Gasteiger partial charge < -0.3 is 15.2 Å². The molecule has 5 nitrogen and oxygen atoms in total. The summed E-state index contributed by atoms with van der Waals surface area (Å²) in [5, 5.41) is 4.12. The molecule has 0 fully saturated rings. The van der Waals surface area contributed by atoms with E-state index < -0.39 is 0 Å². The van der Waals surface area contributed by atoms with Gasteiger partial charge in [0.1, 0.15) is 18.2 Å². The van der Waals surface area contributed by atoms with Crippen LogP contribution in [0.3, 0.4) is 0 Å². The minimum atomic E-state index is 0.547. The monoisotopic (exact) mass is 247 g/mol. The van der Waals surface area contributed by atoms with E-state index in [-0.39, 0.29) is 0 Å². The van der Waals surface area contributed by atoms with Crippen LogP contribution in [0.2, 0.25) is 0 Å². The fourth-order valence-electron chi connectivity index (χ4n) is 1.64. The van der Waals surface area contributed by atoms with Crippen LogP contribution in [-0.4, -0.2) is 30.1 Å². The van der Waals surface area contributed by atoms with Crippen molar-refractivity contribution in [3.63, 3.8) is 0 Å². The summed E-state index contributed by atoms with van der Waals surface area (Å²) in [4.78, 5) is 0. The number of hydrogen-bond acceptors (Lipinski definition) is 4. The van der Waals surface area contributed by atoms with Crippen molar-refractivity contribution in [2.45, 2.75) is 0 Å². The summed E-state index contributed by atoms with van der Waals surface area (Å²) in [6, 6.07) is 7.76. The fourth-order valence-corrected chi connectivity index (χ4v) is 1.64. The van der Waals surface area contributed by atoms with Crippen molar-refractivity contribution in [1.29, 1.82) is 0 Å². The number of aryl methyl sites for hydroxylation is 1. The van der Waals surface area contributed by atoms with E-state index in [1.54, 1.807) is 18.0 Å². The highest BCUT2D eigenvalue weighted by Crippen LogP contribution is 2.26. The first-order chi connectivity index (χ1) is 8.72. The van der Waals surface area contributed by atoms with E-state index in [0.717, 1.165) is 16.9 Å². The maximum Gasteiger partial charge on any atom is 0.129 e. The molecule has 0 aliphatic carbocycles. The highest BCUT2D eigenvalue weighted by molar-refractivity contribution is 5.73. The number of anilines is 1. The Morgan fingerprint density at radius 1 is 1.22 bits per heavy atom. The lowest BCUT2D eigenvalue weighted by molar-refractivity contribution is 0.146. The normalized spacial score (nSPS) is 10.6. The summed E-state index contributed by atoms with van der Waals surface area (Å²) in [6.45, 7) is 1.13. The maximum absolute atomic E-state index is 5.92. The molecule has 2 rings (SSSR count). The summed E-state index contributed by atoms with van der Waals surface area (Å²) in [5.74, 6) is 1.47. The minimum absolute atomic E-state index is 0.547. The number of ether oxygens (including phenoxy) is 2. The molecule has 2 aromatic rings. The van der Waals surface area contributed by atoms with Crippen molar-refractivity contribution >= 4 is 5.82 Å². The molecule has 0 saturated heterocycles. The Balaban J connectivity index is 2.10. The number of hydrogen-bond donors (Lipinski definition) is 1. The highest BCUT2D eigenvalue weighted by atomic mass is 16.5. The first kappa shape index (κ1) is 12.4. The molecule has 0 saturated carbocycles. The average Bonchev–Trinajstić information content (AvgIpc) is 2.72. The van der Waals surface area contributed by atoms with Crippen LogP contribution in [0.4, 0.5) is 5.82 Å². The Bertz CT molecular complexity index is 505. The third-order valence-corrected chi connectivity index (χ3v) is 2.71. The lowest BCUT2D eigenvalue weighted by atomic mass is 10.1. The van der Waals surface area contributed by atoms with Crippen LogP contribution >= 0.6 is 0 Å². The highest BCUT2D eigenvalue weighted by Gasteiger charge is 2.07. The molecule has 1 aromatic carbocycles. The molecule has 0 radical (unpaired) electrons. The molecular formula is C13H17N3O2. The topological polar surface area (TPSA) is 62.3 Å². The summed E-state index contributed by atoms with van der Waals surface area (Å²) in [7, 11) is 3.47. The molecule has 1 aromatic heterocycles. The van der Waals surface area contributed by atoms with Gasteiger partial charge in [0.25, 0.3) is 0 Å². The van der Waals surface area contributed by atoms with E-state index in [1.165, 1.54) is 0 Å². The van der Waals surface area contributed by atoms with Gasteiger partial charge in [-0.3, -0.25) is 4.68 Å². The van der Waals surface area contributed by atoms with Crippen LogP contribution in [0.15, 0.2) is 30.5 Å². The Labute approximate surface area is 106 Å². The zero-order chi connectivity index (χ0) is 13.0. The van der Waals surface area contributed by atoms with Gasteiger partial charge in [0.2, 0.25) is 0 Å². The molecule has 0 aliphatic heterocycles. The molecule has 2 N–H and O–H groups in total. The molecule has 0 unspecified atom stereocenters. The Morgan fingerprint density at radius 3 is 2.50 bits per heavy atom. The molecule has 5 heteroatoms. The summed E-state index contributed by atoms with van der Waals surface area (Å²) in [5.41, 5.74) is 7.88. The number of methoxy groups -OCH3 is 1. The minimum Gasteiger partial charge on any atom is -0.491 e. The van der Waals surface area contributed by atoms with Gasteiger partial charge in [0.05, 0.1) is 12.8 Å². The predicted molar refractivity (Wildman–Crippen MR) is 70.4 cm³/mol. The second-order valence-corrected chi connectivity index (χ2v) is 3.93. The van der Waals surface area contributed by atoms with Gasteiger partial charge in [-0.05, 0) is 17.7 Å². The number of nitrogens with two attached hydrogens (primary N) is 1. The molecule has 96 valence electrons. The molecule has 0 spiro atoms. The van der Waals surface area contributed by atoms with Crippen LogP contribution in [-0.2, 0) is 11.8 Å². The third-order valence-electron chi connectivity index (χ3n) is 2.71. The van der Waals surface area contributed by atoms with Crippen molar-refractivity contribution in [2.24, 2.45) is 7.05 Å². The SMILES string of the molecule is COCCOc1ccc(-c2cnn(C)c2N)cc1. The van der Waals surface area contributed by atoms with Crippen molar-refractivity contribution in [1.82, 2.24) is 9.78 Å². The summed E-state index contributed by atoms with van der Waals surface area (Å²) < 4.78 is 12.1. The number of nitrogens with zero attached hydrogens (tertiary/aromatic N) is 2. The Hall–Kier alpha value is -2.01. The van der Waals surface area contributed by atoms with Gasteiger partial charge in [0.15, 0.2) is 0 Å². The molecule has 0 atom stereocenters. The van der Waals surface area contributed by atoms with Crippen molar-refractivity contribution in [3.8, 4) is 16.9 Å². The Morgan fingerprint density at radius 2 is 1.94 bits per heavy atom. The smallest absolute Gasteiger partial charge is 0.129 e. The molecule has 18 heavy (non-hydrogen) atoms. The molecule has 1 heterocycles. The van der Waals surface area contributed by atoms with Crippen molar-refractivity contribution < 1.29 is 9.47 Å². The van der Waals surface area contributed by atoms with Gasteiger partial charge >= 0.3 is 0 Å². The Kier molecular flexibility index (Phi) is 3.84. The van der Waals surface area contributed by atoms with Crippen LogP contribution in [0.5, 0.6) is 5.75 Å². The van der Waals surface area contributed by atoms with Gasteiger partial charge in [-0.2, -0.15) is 5.10 Å². The van der Waals surface area contributed by atoms with Gasteiger partial charge in [0, 0.05) is 19.7 Å². The van der Waals surface area contributed by atoms with E-state index in [1.807, 2.05) is 31.3 Å². The largest absolute Gasteiger partial charge is 0.491 e. The quantitative estimate of drug-likeness (QED) is 0.817.